The molecular weight excluding hydrogens is 413 g/mol. The second-order valence-corrected chi connectivity index (χ2v) is 7.14. The normalized spacial score (nSPS) is 13.6. The molecule has 2 amide bonds. The number of hydrogen-bond acceptors (Lipinski definition) is 5. The summed E-state index contributed by atoms with van der Waals surface area (Å²) in [6.45, 7) is 1.81. The van der Waals surface area contributed by atoms with Gasteiger partial charge in [0.25, 0.3) is 5.91 Å². The zero-order chi connectivity index (χ0) is 22.5. The van der Waals surface area contributed by atoms with Gasteiger partial charge in [0.2, 0.25) is 5.91 Å². The predicted octanol–water partition coefficient (Wildman–Crippen LogP) is 4.23. The highest BCUT2D eigenvalue weighted by atomic mass is 19.1. The van der Waals surface area contributed by atoms with Crippen LogP contribution in [-0.4, -0.2) is 23.4 Å². The van der Waals surface area contributed by atoms with E-state index >= 15 is 0 Å². The van der Waals surface area contributed by atoms with Gasteiger partial charge in [0.05, 0.1) is 17.9 Å². The summed E-state index contributed by atoms with van der Waals surface area (Å²) in [7, 11) is 0. The van der Waals surface area contributed by atoms with E-state index in [1.807, 2.05) is 13.0 Å². The third-order valence-corrected chi connectivity index (χ3v) is 4.74. The quantitative estimate of drug-likeness (QED) is 0.568. The summed E-state index contributed by atoms with van der Waals surface area (Å²) in [4.78, 5) is 27.7. The fourth-order valence-electron chi connectivity index (χ4n) is 3.12. The number of fused-ring (bicyclic) bond motifs is 1. The first kappa shape index (κ1) is 21.0. The minimum absolute atomic E-state index is 0.0133. The van der Waals surface area contributed by atoms with E-state index in [4.69, 9.17) is 9.47 Å². The maximum atomic E-state index is 14.3. The molecule has 0 radical (unpaired) electrons. The lowest BCUT2D eigenvalue weighted by Gasteiger charge is -2.20. The molecule has 2 heterocycles. The van der Waals surface area contributed by atoms with Crippen molar-refractivity contribution in [1.82, 2.24) is 10.3 Å². The van der Waals surface area contributed by atoms with Crippen LogP contribution in [0.5, 0.6) is 17.2 Å². The van der Waals surface area contributed by atoms with Gasteiger partial charge in [0.1, 0.15) is 11.5 Å². The summed E-state index contributed by atoms with van der Waals surface area (Å²) >= 11 is 0. The number of nitrogens with zero attached hydrogens (tertiary/aromatic N) is 1. The van der Waals surface area contributed by atoms with Gasteiger partial charge in [-0.3, -0.25) is 14.6 Å². The Labute approximate surface area is 183 Å². The van der Waals surface area contributed by atoms with E-state index in [1.165, 1.54) is 30.5 Å². The summed E-state index contributed by atoms with van der Waals surface area (Å²) in [6, 6.07) is 12.8. The number of amides is 2. The van der Waals surface area contributed by atoms with Gasteiger partial charge < -0.3 is 20.1 Å². The average molecular weight is 433 g/mol. The van der Waals surface area contributed by atoms with E-state index < -0.39 is 5.82 Å². The number of pyridine rings is 1. The molecule has 7 nitrogen and oxygen atoms in total. The van der Waals surface area contributed by atoms with E-state index in [0.29, 0.717) is 22.7 Å². The molecule has 2 N–H and O–H groups in total. The fraction of sp³-hybridized carbons (Fsp3) is 0.125. The lowest BCUT2D eigenvalue weighted by atomic mass is 10.1. The molecule has 8 heteroatoms. The zero-order valence-electron chi connectivity index (χ0n) is 17.2. The minimum atomic E-state index is -0.553. The third kappa shape index (κ3) is 5.10. The average Bonchev–Trinajstić information content (AvgIpc) is 2.79. The Bertz CT molecular complexity index is 1180. The number of hydrogen-bond donors (Lipinski definition) is 2. The molecule has 1 aromatic heterocycles. The molecule has 3 aromatic rings. The number of benzene rings is 2. The highest BCUT2D eigenvalue weighted by Gasteiger charge is 2.18. The van der Waals surface area contributed by atoms with Crippen molar-refractivity contribution in [3.05, 3.63) is 83.9 Å². The van der Waals surface area contributed by atoms with E-state index in [-0.39, 0.29) is 30.2 Å². The summed E-state index contributed by atoms with van der Waals surface area (Å²) < 4.78 is 25.1. The molecule has 1 unspecified atom stereocenters. The Hall–Kier alpha value is -4.20. The van der Waals surface area contributed by atoms with Gasteiger partial charge in [-0.05, 0) is 60.5 Å². The molecular formula is C24H20FN3O4. The van der Waals surface area contributed by atoms with Crippen LogP contribution in [-0.2, 0) is 9.59 Å². The second-order valence-electron chi connectivity index (χ2n) is 7.14. The van der Waals surface area contributed by atoms with E-state index in [1.54, 1.807) is 36.5 Å². The lowest BCUT2D eigenvalue weighted by Crippen LogP contribution is -2.27. The number of carbonyl (C=O) groups is 2. The molecule has 162 valence electrons. The Morgan fingerprint density at radius 1 is 1.28 bits per heavy atom. The Morgan fingerprint density at radius 3 is 2.94 bits per heavy atom. The highest BCUT2D eigenvalue weighted by molar-refractivity contribution is 5.95. The zero-order valence-corrected chi connectivity index (χ0v) is 17.2. The lowest BCUT2D eigenvalue weighted by molar-refractivity contribution is -0.119. The number of carbonyl (C=O) groups excluding carboxylic acids is 2. The molecule has 2 aromatic carbocycles. The first-order valence-corrected chi connectivity index (χ1v) is 9.90. The van der Waals surface area contributed by atoms with Gasteiger partial charge in [-0.25, -0.2) is 4.39 Å². The van der Waals surface area contributed by atoms with Crippen LogP contribution in [0.15, 0.2) is 67.0 Å². The molecule has 1 aliphatic rings. The van der Waals surface area contributed by atoms with Crippen molar-refractivity contribution in [2.24, 2.45) is 0 Å². The monoisotopic (exact) mass is 433 g/mol. The minimum Gasteiger partial charge on any atom is -0.482 e. The number of anilines is 1. The smallest absolute Gasteiger partial charge is 0.262 e. The van der Waals surface area contributed by atoms with Crippen molar-refractivity contribution in [3.8, 4) is 17.2 Å². The van der Waals surface area contributed by atoms with Crippen molar-refractivity contribution >= 4 is 23.6 Å². The summed E-state index contributed by atoms with van der Waals surface area (Å²) in [5, 5.41) is 5.58. The fourth-order valence-corrected chi connectivity index (χ4v) is 3.12. The molecule has 0 aliphatic carbocycles. The predicted molar refractivity (Wildman–Crippen MR) is 117 cm³/mol. The van der Waals surface area contributed by atoms with Crippen LogP contribution >= 0.6 is 0 Å². The Morgan fingerprint density at radius 2 is 2.16 bits per heavy atom. The van der Waals surface area contributed by atoms with Crippen LogP contribution < -0.4 is 20.1 Å². The second kappa shape index (κ2) is 9.30. The molecule has 0 saturated carbocycles. The largest absolute Gasteiger partial charge is 0.482 e. The van der Waals surface area contributed by atoms with Crippen LogP contribution in [0.4, 0.5) is 10.1 Å². The first-order chi connectivity index (χ1) is 15.5. The van der Waals surface area contributed by atoms with Gasteiger partial charge >= 0.3 is 0 Å². The van der Waals surface area contributed by atoms with Crippen molar-refractivity contribution in [2.75, 3.05) is 11.9 Å². The van der Waals surface area contributed by atoms with Crippen LogP contribution in [0, 0.1) is 5.82 Å². The van der Waals surface area contributed by atoms with Crippen LogP contribution in [0.1, 0.15) is 24.1 Å². The number of nitrogens with one attached hydrogen (secondary N) is 2. The summed E-state index contributed by atoms with van der Waals surface area (Å²) in [5.41, 5.74) is 1.89. The van der Waals surface area contributed by atoms with Gasteiger partial charge in [-0.2, -0.15) is 0 Å². The Balaban J connectivity index is 1.37. The number of halogens is 1. The standard InChI is InChI=1S/C24H20FN3O4/c1-15(17-6-8-22-20(12-17)28-24(30)14-31-22)27-23(29)9-5-16-4-7-21(19(25)11-16)32-18-3-2-10-26-13-18/h2-13,15H,14H2,1H3,(H,27,29)(H,28,30)/b9-5+. The van der Waals surface area contributed by atoms with Crippen molar-refractivity contribution in [1.29, 1.82) is 0 Å². The van der Waals surface area contributed by atoms with Gasteiger partial charge in [-0.1, -0.05) is 12.1 Å². The number of aromatic nitrogens is 1. The van der Waals surface area contributed by atoms with E-state index in [0.717, 1.165) is 5.56 Å². The van der Waals surface area contributed by atoms with Crippen LogP contribution in [0.25, 0.3) is 6.08 Å². The molecule has 1 atom stereocenters. The maximum absolute atomic E-state index is 14.3. The summed E-state index contributed by atoms with van der Waals surface area (Å²) in [6.07, 6.45) is 5.93. The van der Waals surface area contributed by atoms with Crippen molar-refractivity contribution in [2.45, 2.75) is 13.0 Å². The molecule has 0 spiro atoms. The summed E-state index contributed by atoms with van der Waals surface area (Å²) in [5.74, 6) is -0.0362. The van der Waals surface area contributed by atoms with Gasteiger partial charge in [0.15, 0.2) is 18.2 Å². The van der Waals surface area contributed by atoms with Gasteiger partial charge in [0, 0.05) is 12.3 Å². The molecule has 1 aliphatic heterocycles. The van der Waals surface area contributed by atoms with E-state index in [2.05, 4.69) is 15.6 Å². The van der Waals surface area contributed by atoms with Crippen LogP contribution in [0.2, 0.25) is 0 Å². The SMILES string of the molecule is CC(NC(=O)/C=C/c1ccc(Oc2cccnc2)c(F)c1)c1ccc2c(c1)NC(=O)CO2. The van der Waals surface area contributed by atoms with Gasteiger partial charge in [-0.15, -0.1) is 0 Å². The van der Waals surface area contributed by atoms with Crippen LogP contribution in [0.3, 0.4) is 0 Å². The molecule has 32 heavy (non-hydrogen) atoms. The molecule has 0 fully saturated rings. The Kier molecular flexibility index (Phi) is 6.12. The first-order valence-electron chi connectivity index (χ1n) is 9.90. The number of ether oxygens (including phenoxy) is 2. The molecule has 0 saturated heterocycles. The number of rotatable bonds is 6. The van der Waals surface area contributed by atoms with Crippen molar-refractivity contribution in [3.63, 3.8) is 0 Å². The van der Waals surface area contributed by atoms with Crippen molar-refractivity contribution < 1.29 is 23.5 Å². The maximum Gasteiger partial charge on any atom is 0.262 e. The molecule has 0 bridgehead atoms. The third-order valence-electron chi connectivity index (χ3n) is 4.74. The highest BCUT2D eigenvalue weighted by Crippen LogP contribution is 2.30. The topological polar surface area (TPSA) is 89.5 Å². The van der Waals surface area contributed by atoms with E-state index in [9.17, 15) is 14.0 Å². The molecule has 4 rings (SSSR count).